The maximum absolute atomic E-state index is 6.23. The summed E-state index contributed by atoms with van der Waals surface area (Å²) >= 11 is 12.1. The second kappa shape index (κ2) is 5.63. The molecule has 0 aliphatic rings. The minimum absolute atomic E-state index is 0.0889. The van der Waals surface area contributed by atoms with Crippen molar-refractivity contribution < 1.29 is 4.74 Å². The number of hydrogen-bond acceptors (Lipinski definition) is 4. The molecule has 2 aromatic rings. The number of nitrogens with zero attached hydrogens (tertiary/aromatic N) is 2. The van der Waals surface area contributed by atoms with Crippen LogP contribution in [0.15, 0.2) is 24.3 Å². The largest absolute Gasteiger partial charge is 0.491 e. The summed E-state index contributed by atoms with van der Waals surface area (Å²) in [6, 6.07) is 7.00. The predicted octanol–water partition coefficient (Wildman–Crippen LogP) is 3.82. The SMILES string of the molecule is CC(C)Oc1ccc(-c2cc(Cl)nc(N)n2)c(Cl)c1. The van der Waals surface area contributed by atoms with Gasteiger partial charge in [-0.1, -0.05) is 23.2 Å². The number of nitrogen functional groups attached to an aromatic ring is 1. The van der Waals surface area contributed by atoms with E-state index in [1.165, 1.54) is 0 Å². The van der Waals surface area contributed by atoms with E-state index in [2.05, 4.69) is 9.97 Å². The molecule has 2 rings (SSSR count). The van der Waals surface area contributed by atoms with Gasteiger partial charge in [0.1, 0.15) is 10.9 Å². The standard InChI is InChI=1S/C13H13Cl2N3O/c1-7(2)19-8-3-4-9(10(14)5-8)11-6-12(15)18-13(16)17-11/h3-7H,1-2H3,(H2,16,17,18). The van der Waals surface area contributed by atoms with Crippen molar-refractivity contribution in [1.29, 1.82) is 0 Å². The van der Waals surface area contributed by atoms with Crippen molar-refractivity contribution >= 4 is 29.2 Å². The highest BCUT2D eigenvalue weighted by Crippen LogP contribution is 2.31. The predicted molar refractivity (Wildman–Crippen MR) is 77.7 cm³/mol. The number of aromatic nitrogens is 2. The monoisotopic (exact) mass is 297 g/mol. The van der Waals surface area contributed by atoms with Crippen LogP contribution in [0.25, 0.3) is 11.3 Å². The Balaban J connectivity index is 2.40. The van der Waals surface area contributed by atoms with Gasteiger partial charge in [0.15, 0.2) is 0 Å². The van der Waals surface area contributed by atoms with Crippen LogP contribution in [0, 0.1) is 0 Å². The lowest BCUT2D eigenvalue weighted by Crippen LogP contribution is -2.05. The van der Waals surface area contributed by atoms with Gasteiger partial charge in [-0.3, -0.25) is 0 Å². The zero-order valence-electron chi connectivity index (χ0n) is 10.5. The smallest absolute Gasteiger partial charge is 0.221 e. The lowest BCUT2D eigenvalue weighted by atomic mass is 10.1. The van der Waals surface area contributed by atoms with Crippen LogP contribution in [0.3, 0.4) is 0 Å². The number of hydrogen-bond donors (Lipinski definition) is 1. The second-order valence-corrected chi connectivity index (χ2v) is 5.04. The third-order valence-corrected chi connectivity index (χ3v) is 2.81. The van der Waals surface area contributed by atoms with Gasteiger partial charge in [0.05, 0.1) is 16.8 Å². The van der Waals surface area contributed by atoms with E-state index in [-0.39, 0.29) is 17.2 Å². The second-order valence-electron chi connectivity index (χ2n) is 4.24. The fraction of sp³-hybridized carbons (Fsp3) is 0.231. The van der Waals surface area contributed by atoms with Gasteiger partial charge in [-0.25, -0.2) is 9.97 Å². The molecule has 0 atom stereocenters. The molecule has 0 unspecified atom stereocenters. The van der Waals surface area contributed by atoms with Crippen molar-refractivity contribution in [2.24, 2.45) is 0 Å². The first-order chi connectivity index (χ1) is 8.95. The van der Waals surface area contributed by atoms with Gasteiger partial charge >= 0.3 is 0 Å². The average molecular weight is 298 g/mol. The normalized spacial score (nSPS) is 10.8. The van der Waals surface area contributed by atoms with Gasteiger partial charge in [0.2, 0.25) is 5.95 Å². The van der Waals surface area contributed by atoms with Crippen molar-refractivity contribution in [1.82, 2.24) is 9.97 Å². The molecule has 0 radical (unpaired) electrons. The van der Waals surface area contributed by atoms with Gasteiger partial charge in [-0.15, -0.1) is 0 Å². The van der Waals surface area contributed by atoms with Crippen molar-refractivity contribution in [3.63, 3.8) is 0 Å². The van der Waals surface area contributed by atoms with E-state index < -0.39 is 0 Å². The molecule has 0 bridgehead atoms. The van der Waals surface area contributed by atoms with Crippen molar-refractivity contribution in [3.05, 3.63) is 34.4 Å². The Morgan fingerprint density at radius 1 is 1.16 bits per heavy atom. The van der Waals surface area contributed by atoms with Crippen molar-refractivity contribution in [2.75, 3.05) is 5.73 Å². The van der Waals surface area contributed by atoms with Crippen LogP contribution in [-0.4, -0.2) is 16.1 Å². The van der Waals surface area contributed by atoms with Crippen LogP contribution < -0.4 is 10.5 Å². The quantitative estimate of drug-likeness (QED) is 0.875. The molecular formula is C13H13Cl2N3O. The lowest BCUT2D eigenvalue weighted by molar-refractivity contribution is 0.242. The number of halogens is 2. The number of benzene rings is 1. The summed E-state index contributed by atoms with van der Waals surface area (Å²) in [6.45, 7) is 3.90. The molecule has 1 aromatic heterocycles. The number of anilines is 1. The molecule has 6 heteroatoms. The Hall–Kier alpha value is -1.52. The Morgan fingerprint density at radius 2 is 1.89 bits per heavy atom. The highest BCUT2D eigenvalue weighted by molar-refractivity contribution is 6.33. The summed E-state index contributed by atoms with van der Waals surface area (Å²) in [5.74, 6) is 0.818. The lowest BCUT2D eigenvalue weighted by Gasteiger charge is -2.11. The summed E-state index contributed by atoms with van der Waals surface area (Å²) in [7, 11) is 0. The summed E-state index contributed by atoms with van der Waals surface area (Å²) in [4.78, 5) is 7.92. The number of nitrogens with two attached hydrogens (primary N) is 1. The molecule has 0 saturated carbocycles. The molecule has 1 aromatic carbocycles. The molecule has 2 N–H and O–H groups in total. The van der Waals surface area contributed by atoms with E-state index in [9.17, 15) is 0 Å². The molecule has 19 heavy (non-hydrogen) atoms. The molecule has 0 aliphatic carbocycles. The van der Waals surface area contributed by atoms with Crippen molar-refractivity contribution in [2.45, 2.75) is 20.0 Å². The zero-order chi connectivity index (χ0) is 14.0. The molecule has 1 heterocycles. The molecule has 0 fully saturated rings. The first kappa shape index (κ1) is 13.9. The number of ether oxygens (including phenoxy) is 1. The van der Waals surface area contributed by atoms with E-state index in [0.29, 0.717) is 16.5 Å². The average Bonchev–Trinajstić information content (AvgIpc) is 2.26. The van der Waals surface area contributed by atoms with Crippen LogP contribution in [0.2, 0.25) is 10.2 Å². The van der Waals surface area contributed by atoms with Crippen molar-refractivity contribution in [3.8, 4) is 17.0 Å². The fourth-order valence-electron chi connectivity index (χ4n) is 1.62. The summed E-state index contributed by atoms with van der Waals surface area (Å²) in [6.07, 6.45) is 0.0889. The highest BCUT2D eigenvalue weighted by Gasteiger charge is 2.09. The minimum Gasteiger partial charge on any atom is -0.491 e. The zero-order valence-corrected chi connectivity index (χ0v) is 12.0. The first-order valence-corrected chi connectivity index (χ1v) is 6.48. The summed E-state index contributed by atoms with van der Waals surface area (Å²) < 4.78 is 5.57. The van der Waals surface area contributed by atoms with Gasteiger partial charge in [0.25, 0.3) is 0 Å². The molecule has 0 amide bonds. The maximum atomic E-state index is 6.23. The third kappa shape index (κ3) is 3.49. The molecule has 100 valence electrons. The molecular weight excluding hydrogens is 285 g/mol. The van der Waals surface area contributed by atoms with Gasteiger partial charge < -0.3 is 10.5 Å². The Bertz CT molecular complexity index is 582. The summed E-state index contributed by atoms with van der Waals surface area (Å²) in [5, 5.41) is 0.799. The van der Waals surface area contributed by atoms with Crippen LogP contribution in [-0.2, 0) is 0 Å². The van der Waals surface area contributed by atoms with Gasteiger partial charge in [-0.05, 0) is 32.0 Å². The summed E-state index contributed by atoms with van der Waals surface area (Å²) in [5.41, 5.74) is 6.88. The van der Waals surface area contributed by atoms with E-state index in [1.807, 2.05) is 26.0 Å². The fourth-order valence-corrected chi connectivity index (χ4v) is 2.08. The molecule has 0 saturated heterocycles. The Morgan fingerprint density at radius 3 is 2.47 bits per heavy atom. The van der Waals surface area contributed by atoms with Crippen LogP contribution in [0.5, 0.6) is 5.75 Å². The van der Waals surface area contributed by atoms with E-state index >= 15 is 0 Å². The first-order valence-electron chi connectivity index (χ1n) is 5.72. The van der Waals surface area contributed by atoms with Gasteiger partial charge in [0, 0.05) is 11.6 Å². The maximum Gasteiger partial charge on any atom is 0.221 e. The molecule has 0 spiro atoms. The van der Waals surface area contributed by atoms with E-state index in [0.717, 1.165) is 5.56 Å². The Labute approximate surface area is 121 Å². The van der Waals surface area contributed by atoms with E-state index in [4.69, 9.17) is 33.7 Å². The topological polar surface area (TPSA) is 61.0 Å². The van der Waals surface area contributed by atoms with E-state index in [1.54, 1.807) is 12.1 Å². The Kier molecular flexibility index (Phi) is 4.12. The highest BCUT2D eigenvalue weighted by atomic mass is 35.5. The van der Waals surface area contributed by atoms with Gasteiger partial charge in [-0.2, -0.15) is 0 Å². The minimum atomic E-state index is 0.0889. The molecule has 0 aliphatic heterocycles. The van der Waals surface area contributed by atoms with Crippen LogP contribution in [0.4, 0.5) is 5.95 Å². The van der Waals surface area contributed by atoms with Crippen LogP contribution in [0.1, 0.15) is 13.8 Å². The third-order valence-electron chi connectivity index (χ3n) is 2.30. The molecule has 4 nitrogen and oxygen atoms in total. The number of rotatable bonds is 3. The van der Waals surface area contributed by atoms with Crippen LogP contribution >= 0.6 is 23.2 Å².